The molecule has 0 heterocycles. The molecule has 1 aliphatic carbocycles. The maximum absolute atomic E-state index is 9.78. The molecule has 1 fully saturated rings. The monoisotopic (exact) mass is 162 g/mol. The molecule has 0 unspecified atom stereocenters. The minimum Gasteiger partial charge on any atom is -0.367 e. The van der Waals surface area contributed by atoms with Crippen molar-refractivity contribution in [3.63, 3.8) is 0 Å². The molecular formula is C11H14O. The highest BCUT2D eigenvalue weighted by Crippen LogP contribution is 2.31. The first-order chi connectivity index (χ1) is 5.73. The second-order valence-electron chi connectivity index (χ2n) is 3.39. The summed E-state index contributed by atoms with van der Waals surface area (Å²) in [4.78, 5) is 0. The zero-order valence-electron chi connectivity index (χ0n) is 7.21. The van der Waals surface area contributed by atoms with E-state index in [2.05, 4.69) is 11.8 Å². The zero-order valence-corrected chi connectivity index (χ0v) is 7.21. The lowest BCUT2D eigenvalue weighted by molar-refractivity contribution is 0.0721. The Labute approximate surface area is 74.2 Å². The van der Waals surface area contributed by atoms with Crippen molar-refractivity contribution in [2.75, 3.05) is 0 Å². The molecule has 1 rings (SSSR count). The summed E-state index contributed by atoms with van der Waals surface area (Å²) in [6, 6.07) is 0. The lowest BCUT2D eigenvalue weighted by Crippen LogP contribution is -2.35. The van der Waals surface area contributed by atoms with Gasteiger partial charge in [-0.25, -0.2) is 0 Å². The number of terminal acetylenes is 2. The lowest BCUT2D eigenvalue weighted by Gasteiger charge is -2.30. The fraction of sp³-hybridized carbons (Fsp3) is 0.636. The third-order valence-corrected chi connectivity index (χ3v) is 2.64. The largest absolute Gasteiger partial charge is 0.367 e. The molecule has 1 aliphatic rings. The van der Waals surface area contributed by atoms with Crippen molar-refractivity contribution in [1.82, 2.24) is 0 Å². The fourth-order valence-corrected chi connectivity index (χ4v) is 1.80. The molecule has 0 atom stereocenters. The van der Waals surface area contributed by atoms with Crippen LogP contribution in [0.4, 0.5) is 0 Å². The van der Waals surface area contributed by atoms with E-state index in [4.69, 9.17) is 12.8 Å². The molecule has 0 aliphatic heterocycles. The molecule has 0 spiro atoms. The van der Waals surface area contributed by atoms with Crippen LogP contribution in [0.15, 0.2) is 0 Å². The first-order valence-corrected chi connectivity index (χ1v) is 4.41. The smallest absolute Gasteiger partial charge is 0.189 e. The van der Waals surface area contributed by atoms with E-state index >= 15 is 0 Å². The highest BCUT2D eigenvalue weighted by Gasteiger charge is 2.33. The standard InChI is InChI=1S/C11H14O/c1-3-11(12,4-2)10-8-6-5-7-9-10/h1-2,10,12H,5-9H2. The van der Waals surface area contributed by atoms with Gasteiger partial charge < -0.3 is 5.11 Å². The van der Waals surface area contributed by atoms with E-state index in [0.717, 1.165) is 25.7 Å². The van der Waals surface area contributed by atoms with Gasteiger partial charge in [0, 0.05) is 5.92 Å². The van der Waals surface area contributed by atoms with Gasteiger partial charge in [0.1, 0.15) is 0 Å². The molecule has 0 amide bonds. The Morgan fingerprint density at radius 3 is 2.00 bits per heavy atom. The van der Waals surface area contributed by atoms with Gasteiger partial charge in [0.2, 0.25) is 0 Å². The number of aliphatic hydroxyl groups is 1. The Balaban J connectivity index is 2.67. The van der Waals surface area contributed by atoms with Gasteiger partial charge in [-0.05, 0) is 12.8 Å². The van der Waals surface area contributed by atoms with E-state index in [1.54, 1.807) is 0 Å². The summed E-state index contributed by atoms with van der Waals surface area (Å²) in [5.41, 5.74) is -1.29. The van der Waals surface area contributed by atoms with Crippen LogP contribution in [0.1, 0.15) is 32.1 Å². The molecule has 0 aromatic rings. The highest BCUT2D eigenvalue weighted by molar-refractivity contribution is 5.26. The third kappa shape index (κ3) is 1.63. The van der Waals surface area contributed by atoms with E-state index in [1.807, 2.05) is 0 Å². The molecule has 1 N–H and O–H groups in total. The summed E-state index contributed by atoms with van der Waals surface area (Å²) in [5, 5.41) is 9.78. The van der Waals surface area contributed by atoms with Gasteiger partial charge in [-0.3, -0.25) is 0 Å². The summed E-state index contributed by atoms with van der Waals surface area (Å²) in [5.74, 6) is 4.75. The average Bonchev–Trinajstić information content (AvgIpc) is 2.18. The second-order valence-corrected chi connectivity index (χ2v) is 3.39. The minimum absolute atomic E-state index is 0.112. The van der Waals surface area contributed by atoms with E-state index in [-0.39, 0.29) is 5.92 Å². The molecule has 0 saturated heterocycles. The first kappa shape index (κ1) is 9.17. The Morgan fingerprint density at radius 1 is 1.08 bits per heavy atom. The van der Waals surface area contributed by atoms with Crippen LogP contribution in [0.3, 0.4) is 0 Å². The van der Waals surface area contributed by atoms with E-state index in [1.165, 1.54) is 6.42 Å². The first-order valence-electron chi connectivity index (χ1n) is 4.41. The van der Waals surface area contributed by atoms with Crippen molar-refractivity contribution in [2.45, 2.75) is 37.7 Å². The predicted molar refractivity (Wildman–Crippen MR) is 49.2 cm³/mol. The molecular weight excluding hydrogens is 148 g/mol. The van der Waals surface area contributed by atoms with Crippen molar-refractivity contribution in [3.8, 4) is 24.7 Å². The number of hydrogen-bond acceptors (Lipinski definition) is 1. The maximum Gasteiger partial charge on any atom is 0.189 e. The Kier molecular flexibility index (Phi) is 2.79. The second kappa shape index (κ2) is 3.65. The normalized spacial score (nSPS) is 19.6. The Hall–Kier alpha value is -0.920. The third-order valence-electron chi connectivity index (χ3n) is 2.64. The lowest BCUT2D eigenvalue weighted by atomic mass is 9.78. The van der Waals surface area contributed by atoms with Crippen LogP contribution in [0.25, 0.3) is 0 Å². The van der Waals surface area contributed by atoms with Crippen molar-refractivity contribution >= 4 is 0 Å². The van der Waals surface area contributed by atoms with Crippen LogP contribution in [-0.4, -0.2) is 10.7 Å². The SMILES string of the molecule is C#CC(O)(C#C)C1CCCCC1. The molecule has 0 bridgehead atoms. The number of hydrogen-bond donors (Lipinski definition) is 1. The molecule has 0 aromatic carbocycles. The predicted octanol–water partition coefficient (Wildman–Crippen LogP) is 1.56. The summed E-state index contributed by atoms with van der Waals surface area (Å²) in [6.45, 7) is 0. The van der Waals surface area contributed by atoms with Gasteiger partial charge >= 0.3 is 0 Å². The van der Waals surface area contributed by atoms with Crippen molar-refractivity contribution < 1.29 is 5.11 Å². The number of rotatable bonds is 1. The molecule has 1 saturated carbocycles. The van der Waals surface area contributed by atoms with Gasteiger partial charge in [-0.15, -0.1) is 12.8 Å². The van der Waals surface area contributed by atoms with E-state index < -0.39 is 5.60 Å². The molecule has 1 nitrogen and oxygen atoms in total. The summed E-state index contributed by atoms with van der Waals surface area (Å²) in [6.07, 6.45) is 15.8. The van der Waals surface area contributed by atoms with Gasteiger partial charge in [-0.2, -0.15) is 0 Å². The molecule has 1 heteroatoms. The topological polar surface area (TPSA) is 20.2 Å². The van der Waals surface area contributed by atoms with Crippen molar-refractivity contribution in [3.05, 3.63) is 0 Å². The quantitative estimate of drug-likeness (QED) is 0.580. The minimum atomic E-state index is -1.29. The molecule has 0 radical (unpaired) electrons. The maximum atomic E-state index is 9.78. The Morgan fingerprint density at radius 2 is 1.58 bits per heavy atom. The van der Waals surface area contributed by atoms with Crippen LogP contribution in [0.2, 0.25) is 0 Å². The Bertz CT molecular complexity index is 208. The van der Waals surface area contributed by atoms with Crippen LogP contribution >= 0.6 is 0 Å². The zero-order chi connectivity index (χ0) is 9.03. The van der Waals surface area contributed by atoms with Gasteiger partial charge in [0.15, 0.2) is 5.60 Å². The van der Waals surface area contributed by atoms with E-state index in [0.29, 0.717) is 0 Å². The van der Waals surface area contributed by atoms with Crippen molar-refractivity contribution in [1.29, 1.82) is 0 Å². The van der Waals surface area contributed by atoms with Crippen molar-refractivity contribution in [2.24, 2.45) is 5.92 Å². The van der Waals surface area contributed by atoms with Crippen LogP contribution < -0.4 is 0 Å². The van der Waals surface area contributed by atoms with Crippen LogP contribution in [0, 0.1) is 30.6 Å². The van der Waals surface area contributed by atoms with Gasteiger partial charge in [-0.1, -0.05) is 31.1 Å². The highest BCUT2D eigenvalue weighted by atomic mass is 16.3. The van der Waals surface area contributed by atoms with Gasteiger partial charge in [0.05, 0.1) is 0 Å². The van der Waals surface area contributed by atoms with E-state index in [9.17, 15) is 5.11 Å². The molecule has 64 valence electrons. The summed E-state index contributed by atoms with van der Waals surface area (Å²) in [7, 11) is 0. The summed E-state index contributed by atoms with van der Waals surface area (Å²) >= 11 is 0. The van der Waals surface area contributed by atoms with Crippen LogP contribution in [-0.2, 0) is 0 Å². The molecule has 12 heavy (non-hydrogen) atoms. The van der Waals surface area contributed by atoms with Crippen LogP contribution in [0.5, 0.6) is 0 Å². The fourth-order valence-electron chi connectivity index (χ4n) is 1.80. The van der Waals surface area contributed by atoms with Gasteiger partial charge in [0.25, 0.3) is 0 Å². The summed E-state index contributed by atoms with van der Waals surface area (Å²) < 4.78 is 0. The average molecular weight is 162 g/mol. The molecule has 0 aromatic heterocycles.